The molecule has 0 saturated carbocycles. The van der Waals surface area contributed by atoms with Crippen LogP contribution in [0.25, 0.3) is 22.2 Å². The zero-order valence-corrected chi connectivity index (χ0v) is 13.3. The highest BCUT2D eigenvalue weighted by molar-refractivity contribution is 5.86. The Bertz CT molecular complexity index is 974. The van der Waals surface area contributed by atoms with Crippen LogP contribution in [0.15, 0.2) is 71.3 Å². The molecule has 0 atom stereocenters. The first-order chi connectivity index (χ1) is 11.8. The second-order valence-corrected chi connectivity index (χ2v) is 5.68. The number of ether oxygens (including phenoxy) is 1. The van der Waals surface area contributed by atoms with Gasteiger partial charge in [-0.25, -0.2) is 0 Å². The summed E-state index contributed by atoms with van der Waals surface area (Å²) in [6, 6.07) is 22.1. The van der Waals surface area contributed by atoms with Crippen molar-refractivity contribution < 1.29 is 9.26 Å². The van der Waals surface area contributed by atoms with Crippen molar-refractivity contribution in [3.63, 3.8) is 0 Å². The monoisotopic (exact) mass is 316 g/mol. The SMILES string of the molecule is Cc1ccc(OCc2noc(-c3ccc4ccccc4c3)n2)cc1. The molecule has 4 rings (SSSR count). The first kappa shape index (κ1) is 14.5. The maximum absolute atomic E-state index is 5.68. The number of aryl methyl sites for hydroxylation is 1. The van der Waals surface area contributed by atoms with Crippen molar-refractivity contribution in [2.75, 3.05) is 0 Å². The van der Waals surface area contributed by atoms with E-state index in [0.717, 1.165) is 16.7 Å². The lowest BCUT2D eigenvalue weighted by Gasteiger charge is -2.02. The number of nitrogens with zero attached hydrogens (tertiary/aromatic N) is 2. The molecule has 0 fully saturated rings. The maximum Gasteiger partial charge on any atom is 0.258 e. The molecule has 0 saturated heterocycles. The second kappa shape index (κ2) is 6.16. The number of hydrogen-bond donors (Lipinski definition) is 0. The molecule has 4 heteroatoms. The Labute approximate surface area is 139 Å². The van der Waals surface area contributed by atoms with Gasteiger partial charge in [-0.05, 0) is 42.0 Å². The molecule has 1 aromatic heterocycles. The van der Waals surface area contributed by atoms with Gasteiger partial charge in [0.15, 0.2) is 6.61 Å². The average Bonchev–Trinajstić information content (AvgIpc) is 3.10. The first-order valence-electron chi connectivity index (χ1n) is 7.79. The van der Waals surface area contributed by atoms with Crippen molar-refractivity contribution in [2.24, 2.45) is 0 Å². The Morgan fingerprint density at radius 3 is 2.54 bits per heavy atom. The fourth-order valence-electron chi connectivity index (χ4n) is 2.53. The molecule has 118 valence electrons. The Morgan fingerprint density at radius 2 is 1.71 bits per heavy atom. The first-order valence-corrected chi connectivity index (χ1v) is 7.79. The van der Waals surface area contributed by atoms with Crippen molar-refractivity contribution in [2.45, 2.75) is 13.5 Å². The minimum absolute atomic E-state index is 0.278. The van der Waals surface area contributed by atoms with Gasteiger partial charge < -0.3 is 9.26 Å². The summed E-state index contributed by atoms with van der Waals surface area (Å²) in [4.78, 5) is 4.42. The summed E-state index contributed by atoms with van der Waals surface area (Å²) >= 11 is 0. The molecule has 0 unspecified atom stereocenters. The fraction of sp³-hybridized carbons (Fsp3) is 0.100. The Balaban J connectivity index is 1.52. The van der Waals surface area contributed by atoms with Gasteiger partial charge in [-0.15, -0.1) is 0 Å². The van der Waals surface area contributed by atoms with Gasteiger partial charge in [0.1, 0.15) is 5.75 Å². The van der Waals surface area contributed by atoms with Crippen LogP contribution in [0.3, 0.4) is 0 Å². The molecule has 3 aromatic carbocycles. The van der Waals surface area contributed by atoms with Gasteiger partial charge in [0, 0.05) is 5.56 Å². The van der Waals surface area contributed by atoms with E-state index in [1.807, 2.05) is 55.5 Å². The molecule has 0 aliphatic heterocycles. The normalized spacial score (nSPS) is 10.9. The smallest absolute Gasteiger partial charge is 0.258 e. The summed E-state index contributed by atoms with van der Waals surface area (Å²) in [5.41, 5.74) is 2.10. The van der Waals surface area contributed by atoms with Gasteiger partial charge >= 0.3 is 0 Å². The zero-order chi connectivity index (χ0) is 16.4. The van der Waals surface area contributed by atoms with Gasteiger partial charge in [0.05, 0.1) is 0 Å². The predicted molar refractivity (Wildman–Crippen MR) is 92.8 cm³/mol. The zero-order valence-electron chi connectivity index (χ0n) is 13.3. The Hall–Kier alpha value is -3.14. The molecular formula is C20H16N2O2. The van der Waals surface area contributed by atoms with Crippen molar-refractivity contribution in [3.05, 3.63) is 78.1 Å². The maximum atomic E-state index is 5.68. The van der Waals surface area contributed by atoms with E-state index in [2.05, 4.69) is 28.3 Å². The lowest BCUT2D eigenvalue weighted by Crippen LogP contribution is -1.97. The molecular weight excluding hydrogens is 300 g/mol. The topological polar surface area (TPSA) is 48.2 Å². The van der Waals surface area contributed by atoms with Gasteiger partial charge in [0.25, 0.3) is 5.89 Å². The fourth-order valence-corrected chi connectivity index (χ4v) is 2.53. The van der Waals surface area contributed by atoms with E-state index in [1.54, 1.807) is 0 Å². The minimum Gasteiger partial charge on any atom is -0.485 e. The summed E-state index contributed by atoms with van der Waals surface area (Å²) in [6.45, 7) is 2.32. The van der Waals surface area contributed by atoms with E-state index < -0.39 is 0 Å². The quantitative estimate of drug-likeness (QED) is 0.544. The van der Waals surface area contributed by atoms with Gasteiger partial charge in [0.2, 0.25) is 5.82 Å². The van der Waals surface area contributed by atoms with Crippen molar-refractivity contribution in [1.82, 2.24) is 10.1 Å². The van der Waals surface area contributed by atoms with E-state index in [4.69, 9.17) is 9.26 Å². The Morgan fingerprint density at radius 1 is 0.917 bits per heavy atom. The summed E-state index contributed by atoms with van der Waals surface area (Å²) in [7, 11) is 0. The standard InChI is InChI=1S/C20H16N2O2/c1-14-6-10-18(11-7-14)23-13-19-21-20(24-22-19)17-9-8-15-4-2-3-5-16(15)12-17/h2-12H,13H2,1H3. The predicted octanol–water partition coefficient (Wildman–Crippen LogP) is 4.78. The molecule has 0 aliphatic carbocycles. The average molecular weight is 316 g/mol. The van der Waals surface area contributed by atoms with Crippen LogP contribution in [0.5, 0.6) is 5.75 Å². The lowest BCUT2D eigenvalue weighted by molar-refractivity contribution is 0.287. The molecule has 1 heterocycles. The van der Waals surface area contributed by atoms with Crippen LogP contribution in [0.2, 0.25) is 0 Å². The third-order valence-corrected chi connectivity index (χ3v) is 3.85. The molecule has 0 aliphatic rings. The van der Waals surface area contributed by atoms with E-state index >= 15 is 0 Å². The number of rotatable bonds is 4. The van der Waals surface area contributed by atoms with E-state index in [-0.39, 0.29) is 6.61 Å². The largest absolute Gasteiger partial charge is 0.485 e. The summed E-state index contributed by atoms with van der Waals surface area (Å²) in [5, 5.41) is 6.32. The van der Waals surface area contributed by atoms with Crippen LogP contribution >= 0.6 is 0 Å². The third-order valence-electron chi connectivity index (χ3n) is 3.85. The van der Waals surface area contributed by atoms with Crippen molar-refractivity contribution >= 4 is 10.8 Å². The number of hydrogen-bond acceptors (Lipinski definition) is 4. The minimum atomic E-state index is 0.278. The van der Waals surface area contributed by atoms with Crippen LogP contribution in [0, 0.1) is 6.92 Å². The van der Waals surface area contributed by atoms with Crippen LogP contribution in [-0.2, 0) is 6.61 Å². The van der Waals surface area contributed by atoms with E-state index in [0.29, 0.717) is 11.7 Å². The van der Waals surface area contributed by atoms with Crippen LogP contribution < -0.4 is 4.74 Å². The highest BCUT2D eigenvalue weighted by Gasteiger charge is 2.10. The van der Waals surface area contributed by atoms with Gasteiger partial charge in [-0.3, -0.25) is 0 Å². The highest BCUT2D eigenvalue weighted by atomic mass is 16.5. The van der Waals surface area contributed by atoms with Gasteiger partial charge in [-0.1, -0.05) is 53.2 Å². The van der Waals surface area contributed by atoms with Crippen LogP contribution in [-0.4, -0.2) is 10.1 Å². The van der Waals surface area contributed by atoms with E-state index in [9.17, 15) is 0 Å². The molecule has 0 spiro atoms. The summed E-state index contributed by atoms with van der Waals surface area (Å²) in [6.07, 6.45) is 0. The molecule has 24 heavy (non-hydrogen) atoms. The molecule has 4 aromatic rings. The molecule has 0 N–H and O–H groups in total. The Kier molecular flexibility index (Phi) is 3.71. The number of fused-ring (bicyclic) bond motifs is 1. The molecule has 0 radical (unpaired) electrons. The molecule has 0 bridgehead atoms. The number of benzene rings is 3. The third kappa shape index (κ3) is 2.99. The van der Waals surface area contributed by atoms with Crippen molar-refractivity contribution in [3.8, 4) is 17.2 Å². The van der Waals surface area contributed by atoms with Crippen molar-refractivity contribution in [1.29, 1.82) is 0 Å². The summed E-state index contributed by atoms with van der Waals surface area (Å²) < 4.78 is 11.0. The molecule has 0 amide bonds. The van der Waals surface area contributed by atoms with E-state index in [1.165, 1.54) is 10.9 Å². The molecule has 4 nitrogen and oxygen atoms in total. The number of aromatic nitrogens is 2. The lowest BCUT2D eigenvalue weighted by atomic mass is 10.1. The van der Waals surface area contributed by atoms with Gasteiger partial charge in [-0.2, -0.15) is 4.98 Å². The summed E-state index contributed by atoms with van der Waals surface area (Å²) in [5.74, 6) is 1.82. The van der Waals surface area contributed by atoms with Crippen LogP contribution in [0.4, 0.5) is 0 Å². The van der Waals surface area contributed by atoms with Crippen LogP contribution in [0.1, 0.15) is 11.4 Å². The second-order valence-electron chi connectivity index (χ2n) is 5.68. The highest BCUT2D eigenvalue weighted by Crippen LogP contribution is 2.23.